The van der Waals surface area contributed by atoms with Crippen molar-refractivity contribution in [3.8, 4) is 28.7 Å². The standard InChI is InChI=1S/C20H15FN6O/c21-13-3-1-12(2-4-13)19-20(26(11-24-19)14-7-16(28)8-14)17-5-6-18-23-10-15(9-22)27(18)25-17/h1-6,10-11,14,16,28H,7-8H2/t14-,16+. The zero-order chi connectivity index (χ0) is 19.3. The molecule has 1 aromatic carbocycles. The van der Waals surface area contributed by atoms with E-state index in [0.29, 0.717) is 35.6 Å². The van der Waals surface area contributed by atoms with Gasteiger partial charge in [0.15, 0.2) is 11.3 Å². The first-order chi connectivity index (χ1) is 13.6. The maximum Gasteiger partial charge on any atom is 0.162 e. The highest BCUT2D eigenvalue weighted by Crippen LogP contribution is 2.39. The van der Waals surface area contributed by atoms with Crippen molar-refractivity contribution in [3.63, 3.8) is 0 Å². The molecule has 0 radical (unpaired) electrons. The van der Waals surface area contributed by atoms with Crippen molar-refractivity contribution in [3.05, 3.63) is 60.4 Å². The number of aliphatic hydroxyl groups excluding tert-OH is 1. The highest BCUT2D eigenvalue weighted by molar-refractivity contribution is 5.77. The van der Waals surface area contributed by atoms with Crippen molar-refractivity contribution in [2.75, 3.05) is 0 Å². The maximum absolute atomic E-state index is 13.4. The third-order valence-corrected chi connectivity index (χ3v) is 5.11. The van der Waals surface area contributed by atoms with Crippen molar-refractivity contribution >= 4 is 5.65 Å². The fourth-order valence-electron chi connectivity index (χ4n) is 3.57. The molecule has 0 atom stereocenters. The number of nitriles is 1. The molecule has 7 nitrogen and oxygen atoms in total. The van der Waals surface area contributed by atoms with E-state index in [9.17, 15) is 14.8 Å². The lowest BCUT2D eigenvalue weighted by atomic mass is 9.89. The van der Waals surface area contributed by atoms with Gasteiger partial charge in [-0.15, -0.1) is 0 Å². The van der Waals surface area contributed by atoms with Gasteiger partial charge < -0.3 is 9.67 Å². The molecule has 5 rings (SSSR count). The summed E-state index contributed by atoms with van der Waals surface area (Å²) in [6.07, 6.45) is 4.18. The second-order valence-corrected chi connectivity index (χ2v) is 6.88. The summed E-state index contributed by atoms with van der Waals surface area (Å²) in [6, 6.07) is 12.0. The second-order valence-electron chi connectivity index (χ2n) is 6.88. The minimum absolute atomic E-state index is 0.113. The summed E-state index contributed by atoms with van der Waals surface area (Å²) in [5.41, 5.74) is 3.75. The number of imidazole rings is 2. The van der Waals surface area contributed by atoms with Gasteiger partial charge in [0, 0.05) is 11.6 Å². The van der Waals surface area contributed by atoms with E-state index in [1.165, 1.54) is 22.8 Å². The zero-order valence-corrected chi connectivity index (χ0v) is 14.7. The first-order valence-electron chi connectivity index (χ1n) is 8.90. The summed E-state index contributed by atoms with van der Waals surface area (Å²) in [5.74, 6) is -0.316. The number of nitrogens with zero attached hydrogens (tertiary/aromatic N) is 6. The predicted molar refractivity (Wildman–Crippen MR) is 98.6 cm³/mol. The number of hydrogen-bond acceptors (Lipinski definition) is 5. The molecule has 28 heavy (non-hydrogen) atoms. The summed E-state index contributed by atoms with van der Waals surface area (Å²) in [6.45, 7) is 0. The highest BCUT2D eigenvalue weighted by Gasteiger charge is 2.32. The van der Waals surface area contributed by atoms with Crippen LogP contribution in [0.5, 0.6) is 0 Å². The molecule has 0 bridgehead atoms. The highest BCUT2D eigenvalue weighted by atomic mass is 19.1. The molecule has 0 spiro atoms. The molecular formula is C20H15FN6O. The summed E-state index contributed by atoms with van der Waals surface area (Å²) in [5, 5.41) is 23.6. The van der Waals surface area contributed by atoms with Gasteiger partial charge in [-0.2, -0.15) is 10.4 Å². The van der Waals surface area contributed by atoms with Crippen LogP contribution in [0.2, 0.25) is 0 Å². The van der Waals surface area contributed by atoms with Crippen LogP contribution in [0.25, 0.3) is 28.3 Å². The van der Waals surface area contributed by atoms with Gasteiger partial charge in [0.25, 0.3) is 0 Å². The van der Waals surface area contributed by atoms with E-state index in [1.54, 1.807) is 24.5 Å². The van der Waals surface area contributed by atoms with Crippen molar-refractivity contribution in [1.29, 1.82) is 5.26 Å². The molecule has 1 saturated carbocycles. The Morgan fingerprint density at radius 2 is 1.89 bits per heavy atom. The third kappa shape index (κ3) is 2.56. The Labute approximate surface area is 159 Å². The van der Waals surface area contributed by atoms with Gasteiger partial charge in [-0.1, -0.05) is 0 Å². The van der Waals surface area contributed by atoms with Crippen molar-refractivity contribution in [2.24, 2.45) is 0 Å². The Hall–Kier alpha value is -3.57. The lowest BCUT2D eigenvalue weighted by Crippen LogP contribution is -2.30. The molecule has 1 aliphatic carbocycles. The summed E-state index contributed by atoms with van der Waals surface area (Å²) < 4.78 is 16.9. The first kappa shape index (κ1) is 16.6. The van der Waals surface area contributed by atoms with Crippen LogP contribution in [0.4, 0.5) is 4.39 Å². The van der Waals surface area contributed by atoms with E-state index < -0.39 is 0 Å². The minimum atomic E-state index is -0.316. The van der Waals surface area contributed by atoms with Crippen molar-refractivity contribution in [1.82, 2.24) is 24.1 Å². The number of hydrogen-bond donors (Lipinski definition) is 1. The molecule has 4 aromatic rings. The van der Waals surface area contributed by atoms with Crippen LogP contribution in [-0.4, -0.2) is 35.4 Å². The first-order valence-corrected chi connectivity index (χ1v) is 8.90. The Morgan fingerprint density at radius 1 is 1.11 bits per heavy atom. The van der Waals surface area contributed by atoms with Gasteiger partial charge in [0.1, 0.15) is 17.6 Å². The number of halogens is 1. The molecule has 1 fully saturated rings. The van der Waals surface area contributed by atoms with Gasteiger partial charge in [0.05, 0.1) is 30.0 Å². The molecule has 0 unspecified atom stereocenters. The number of fused-ring (bicyclic) bond motifs is 1. The molecule has 0 aliphatic heterocycles. The Morgan fingerprint density at radius 3 is 2.61 bits per heavy atom. The number of rotatable bonds is 3. The van der Waals surface area contributed by atoms with Crippen molar-refractivity contribution < 1.29 is 9.50 Å². The number of aliphatic hydroxyl groups is 1. The molecule has 3 aromatic heterocycles. The van der Waals surface area contributed by atoms with Crippen LogP contribution in [0.1, 0.15) is 24.6 Å². The fraction of sp³-hybridized carbons (Fsp3) is 0.200. The van der Waals surface area contributed by atoms with Gasteiger partial charge in [0.2, 0.25) is 0 Å². The summed E-state index contributed by atoms with van der Waals surface area (Å²) in [4.78, 5) is 8.74. The second kappa shape index (κ2) is 6.25. The molecule has 138 valence electrons. The third-order valence-electron chi connectivity index (χ3n) is 5.11. The normalized spacial score (nSPS) is 18.8. The number of benzene rings is 1. The predicted octanol–water partition coefficient (Wildman–Crippen LogP) is 2.97. The molecular weight excluding hydrogens is 359 g/mol. The van der Waals surface area contributed by atoms with Crippen LogP contribution < -0.4 is 0 Å². The monoisotopic (exact) mass is 374 g/mol. The van der Waals surface area contributed by atoms with Gasteiger partial charge >= 0.3 is 0 Å². The summed E-state index contributed by atoms with van der Waals surface area (Å²) >= 11 is 0. The largest absolute Gasteiger partial charge is 0.393 e. The van der Waals surface area contributed by atoms with E-state index in [1.807, 2.05) is 10.6 Å². The van der Waals surface area contributed by atoms with Gasteiger partial charge in [-0.05, 0) is 49.2 Å². The van der Waals surface area contributed by atoms with Gasteiger partial charge in [-0.25, -0.2) is 18.9 Å². The fourth-order valence-corrected chi connectivity index (χ4v) is 3.57. The van der Waals surface area contributed by atoms with Crippen LogP contribution in [0.15, 0.2) is 48.9 Å². The molecule has 1 aliphatic rings. The van der Waals surface area contributed by atoms with E-state index >= 15 is 0 Å². The Bertz CT molecular complexity index is 1210. The maximum atomic E-state index is 13.4. The Kier molecular flexibility index (Phi) is 3.70. The molecule has 1 N–H and O–H groups in total. The van der Waals surface area contributed by atoms with Crippen LogP contribution in [0.3, 0.4) is 0 Å². The topological polar surface area (TPSA) is 92.0 Å². The summed E-state index contributed by atoms with van der Waals surface area (Å²) in [7, 11) is 0. The molecule has 0 saturated heterocycles. The van der Waals surface area contributed by atoms with Crippen LogP contribution in [-0.2, 0) is 0 Å². The van der Waals surface area contributed by atoms with E-state index in [2.05, 4.69) is 21.1 Å². The molecule has 3 heterocycles. The van der Waals surface area contributed by atoms with Crippen LogP contribution >= 0.6 is 0 Å². The van der Waals surface area contributed by atoms with Crippen molar-refractivity contribution in [2.45, 2.75) is 25.0 Å². The number of aromatic nitrogens is 5. The lowest BCUT2D eigenvalue weighted by Gasteiger charge is -2.33. The lowest BCUT2D eigenvalue weighted by molar-refractivity contribution is 0.0491. The average molecular weight is 374 g/mol. The quantitative estimate of drug-likeness (QED) is 0.595. The SMILES string of the molecule is N#Cc1cnc2ccc(-c3c(-c4ccc(F)cc4)ncn3[C@H]3C[C@@H](O)C3)nn12. The average Bonchev–Trinajstić information content (AvgIpc) is 3.29. The molecule has 8 heteroatoms. The van der Waals surface area contributed by atoms with E-state index in [-0.39, 0.29) is 18.0 Å². The smallest absolute Gasteiger partial charge is 0.162 e. The van der Waals surface area contributed by atoms with E-state index in [0.717, 1.165) is 11.3 Å². The Balaban J connectivity index is 1.71. The molecule has 0 amide bonds. The minimum Gasteiger partial charge on any atom is -0.393 e. The van der Waals surface area contributed by atoms with E-state index in [4.69, 9.17) is 0 Å². The van der Waals surface area contributed by atoms with Crippen LogP contribution in [0, 0.1) is 17.1 Å². The van der Waals surface area contributed by atoms with Gasteiger partial charge in [-0.3, -0.25) is 0 Å². The zero-order valence-electron chi connectivity index (χ0n) is 14.7.